The van der Waals surface area contributed by atoms with Gasteiger partial charge in [-0.2, -0.15) is 0 Å². The van der Waals surface area contributed by atoms with Crippen LogP contribution < -0.4 is 4.90 Å². The fourth-order valence-electron chi connectivity index (χ4n) is 2.67. The molecule has 0 aromatic heterocycles. The second-order valence-electron chi connectivity index (χ2n) is 5.35. The zero-order chi connectivity index (χ0) is 16.1. The molecule has 2 rings (SSSR count). The van der Waals surface area contributed by atoms with E-state index in [1.165, 1.54) is 32.0 Å². The Morgan fingerprint density at radius 3 is 2.45 bits per heavy atom. The summed E-state index contributed by atoms with van der Waals surface area (Å²) in [5.74, 6) is -0.424. The van der Waals surface area contributed by atoms with Crippen LogP contribution in [-0.2, 0) is 16.0 Å². The molecule has 0 radical (unpaired) electrons. The molecule has 6 heteroatoms. The predicted octanol–water partition coefficient (Wildman–Crippen LogP) is 2.27. The minimum absolute atomic E-state index is 0.415. The Bertz CT molecular complexity index is 553. The van der Waals surface area contributed by atoms with Crippen LogP contribution in [0.5, 0.6) is 0 Å². The van der Waals surface area contributed by atoms with E-state index >= 15 is 0 Å². The first-order valence-electron chi connectivity index (χ1n) is 7.32. The Labute approximate surface area is 130 Å². The maximum atomic E-state index is 11.8. The summed E-state index contributed by atoms with van der Waals surface area (Å²) in [5, 5.41) is 0. The van der Waals surface area contributed by atoms with E-state index in [1.54, 1.807) is 19.2 Å². The molecular weight excluding hydrogens is 284 g/mol. The van der Waals surface area contributed by atoms with E-state index in [2.05, 4.69) is 4.90 Å². The zero-order valence-electron chi connectivity index (χ0n) is 13.3. The maximum absolute atomic E-state index is 11.8. The van der Waals surface area contributed by atoms with Crippen molar-refractivity contribution in [3.05, 3.63) is 29.3 Å². The number of carbonyl (C=O) groups excluding carboxylic acids is 2. The third-order valence-electron chi connectivity index (χ3n) is 3.91. The highest BCUT2D eigenvalue weighted by Gasteiger charge is 2.20. The van der Waals surface area contributed by atoms with Gasteiger partial charge in [0, 0.05) is 13.6 Å². The maximum Gasteiger partial charge on any atom is 0.413 e. The number of carbonyl (C=O) groups is 2. The van der Waals surface area contributed by atoms with E-state index in [0.717, 1.165) is 25.2 Å². The number of nitrogens with zero attached hydrogens (tertiary/aromatic N) is 2. The Hall–Kier alpha value is -2.08. The molecule has 1 heterocycles. The van der Waals surface area contributed by atoms with Gasteiger partial charge in [0.05, 0.1) is 25.5 Å². The highest BCUT2D eigenvalue weighted by Crippen LogP contribution is 2.25. The van der Waals surface area contributed by atoms with Gasteiger partial charge in [-0.3, -0.25) is 9.80 Å². The van der Waals surface area contributed by atoms with Crippen LogP contribution in [0.3, 0.4) is 0 Å². The van der Waals surface area contributed by atoms with Crippen LogP contribution in [-0.4, -0.2) is 51.3 Å². The monoisotopic (exact) mass is 306 g/mol. The van der Waals surface area contributed by atoms with Crippen LogP contribution in [0.25, 0.3) is 0 Å². The fourth-order valence-corrected chi connectivity index (χ4v) is 2.67. The standard InChI is InChI=1S/C16H22N2O4/c1-17(16(20)22-3)14-10-12(15(19)21-2)6-7-13(14)11-18-8-4-5-9-18/h6-7,10H,4-5,8-9,11H2,1-3H3. The first kappa shape index (κ1) is 16.3. The van der Waals surface area contributed by atoms with Gasteiger partial charge in [-0.25, -0.2) is 9.59 Å². The highest BCUT2D eigenvalue weighted by atomic mass is 16.5. The normalized spacial score (nSPS) is 14.7. The van der Waals surface area contributed by atoms with Gasteiger partial charge < -0.3 is 9.47 Å². The van der Waals surface area contributed by atoms with Crippen molar-refractivity contribution in [3.63, 3.8) is 0 Å². The lowest BCUT2D eigenvalue weighted by atomic mass is 10.1. The van der Waals surface area contributed by atoms with Gasteiger partial charge in [-0.1, -0.05) is 6.07 Å². The van der Waals surface area contributed by atoms with E-state index in [0.29, 0.717) is 11.3 Å². The minimum Gasteiger partial charge on any atom is -0.465 e. The largest absolute Gasteiger partial charge is 0.465 e. The number of ether oxygens (including phenoxy) is 2. The third kappa shape index (κ3) is 3.57. The summed E-state index contributed by atoms with van der Waals surface area (Å²) in [4.78, 5) is 27.3. The highest BCUT2D eigenvalue weighted by molar-refractivity contribution is 5.94. The second-order valence-corrected chi connectivity index (χ2v) is 5.35. The van der Waals surface area contributed by atoms with Crippen LogP contribution in [0.2, 0.25) is 0 Å². The summed E-state index contributed by atoms with van der Waals surface area (Å²) in [6.45, 7) is 2.86. The first-order valence-corrected chi connectivity index (χ1v) is 7.32. The lowest BCUT2D eigenvalue weighted by molar-refractivity contribution is 0.0600. The molecular formula is C16H22N2O4. The van der Waals surface area contributed by atoms with Gasteiger partial charge in [-0.05, 0) is 43.6 Å². The number of hydrogen-bond donors (Lipinski definition) is 0. The van der Waals surface area contributed by atoms with Crippen LogP contribution in [0, 0.1) is 0 Å². The van der Waals surface area contributed by atoms with Crippen molar-refractivity contribution in [3.8, 4) is 0 Å². The molecule has 1 aliphatic rings. The van der Waals surface area contributed by atoms with E-state index in [-0.39, 0.29) is 0 Å². The molecule has 6 nitrogen and oxygen atoms in total. The Balaban J connectivity index is 2.33. The Morgan fingerprint density at radius 2 is 1.86 bits per heavy atom. The van der Waals surface area contributed by atoms with Crippen LogP contribution in [0.1, 0.15) is 28.8 Å². The van der Waals surface area contributed by atoms with Gasteiger partial charge in [0.1, 0.15) is 0 Å². The number of hydrogen-bond acceptors (Lipinski definition) is 5. The molecule has 0 saturated carbocycles. The molecule has 1 saturated heterocycles. The topological polar surface area (TPSA) is 59.1 Å². The summed E-state index contributed by atoms with van der Waals surface area (Å²) in [6.07, 6.45) is 1.93. The van der Waals surface area contributed by atoms with Gasteiger partial charge in [0.25, 0.3) is 0 Å². The third-order valence-corrected chi connectivity index (χ3v) is 3.91. The number of amides is 1. The molecule has 0 unspecified atom stereocenters. The van der Waals surface area contributed by atoms with Crippen molar-refractivity contribution in [2.75, 3.05) is 39.3 Å². The number of rotatable bonds is 4. The second kappa shape index (κ2) is 7.26. The van der Waals surface area contributed by atoms with Crippen LogP contribution in [0.15, 0.2) is 18.2 Å². The molecule has 0 N–H and O–H groups in total. The number of anilines is 1. The van der Waals surface area contributed by atoms with Crippen molar-refractivity contribution >= 4 is 17.7 Å². The summed E-state index contributed by atoms with van der Waals surface area (Å²) < 4.78 is 9.52. The summed E-state index contributed by atoms with van der Waals surface area (Å²) >= 11 is 0. The van der Waals surface area contributed by atoms with Crippen molar-refractivity contribution in [2.24, 2.45) is 0 Å². The minimum atomic E-state index is -0.468. The van der Waals surface area contributed by atoms with Crippen molar-refractivity contribution < 1.29 is 19.1 Å². The quantitative estimate of drug-likeness (QED) is 0.799. The average molecular weight is 306 g/mol. The number of esters is 1. The van der Waals surface area contributed by atoms with Gasteiger partial charge in [0.2, 0.25) is 0 Å². The van der Waals surface area contributed by atoms with E-state index < -0.39 is 12.1 Å². The molecule has 1 aliphatic heterocycles. The molecule has 1 aromatic rings. The molecule has 120 valence electrons. The number of benzene rings is 1. The molecule has 22 heavy (non-hydrogen) atoms. The summed E-state index contributed by atoms with van der Waals surface area (Å²) in [5.41, 5.74) is 2.07. The fraction of sp³-hybridized carbons (Fsp3) is 0.500. The molecule has 0 aliphatic carbocycles. The lowest BCUT2D eigenvalue weighted by Gasteiger charge is -2.23. The summed E-state index contributed by atoms with van der Waals surface area (Å²) in [7, 11) is 4.31. The smallest absolute Gasteiger partial charge is 0.413 e. The lowest BCUT2D eigenvalue weighted by Crippen LogP contribution is -2.28. The van der Waals surface area contributed by atoms with Gasteiger partial charge >= 0.3 is 12.1 Å². The molecule has 1 aromatic carbocycles. The van der Waals surface area contributed by atoms with Gasteiger partial charge in [0.15, 0.2) is 0 Å². The van der Waals surface area contributed by atoms with E-state index in [4.69, 9.17) is 9.47 Å². The molecule has 0 atom stereocenters. The van der Waals surface area contributed by atoms with Crippen molar-refractivity contribution in [1.29, 1.82) is 0 Å². The first-order chi connectivity index (χ1) is 10.6. The van der Waals surface area contributed by atoms with E-state index in [1.807, 2.05) is 6.07 Å². The molecule has 1 fully saturated rings. The molecule has 0 spiro atoms. The molecule has 1 amide bonds. The number of methoxy groups -OCH3 is 2. The SMILES string of the molecule is COC(=O)c1ccc(CN2CCCC2)c(N(C)C(=O)OC)c1. The predicted molar refractivity (Wildman–Crippen MR) is 83.1 cm³/mol. The zero-order valence-corrected chi connectivity index (χ0v) is 13.3. The van der Waals surface area contributed by atoms with Crippen LogP contribution >= 0.6 is 0 Å². The van der Waals surface area contributed by atoms with Crippen LogP contribution in [0.4, 0.5) is 10.5 Å². The average Bonchev–Trinajstić information content (AvgIpc) is 3.06. The Kier molecular flexibility index (Phi) is 5.38. The van der Waals surface area contributed by atoms with Crippen molar-refractivity contribution in [1.82, 2.24) is 4.90 Å². The molecule has 0 bridgehead atoms. The number of likely N-dealkylation sites (tertiary alicyclic amines) is 1. The van der Waals surface area contributed by atoms with Crippen molar-refractivity contribution in [2.45, 2.75) is 19.4 Å². The van der Waals surface area contributed by atoms with E-state index in [9.17, 15) is 9.59 Å². The Morgan fingerprint density at radius 1 is 1.18 bits per heavy atom. The van der Waals surface area contributed by atoms with Gasteiger partial charge in [-0.15, -0.1) is 0 Å². The summed E-state index contributed by atoms with van der Waals surface area (Å²) in [6, 6.07) is 5.28.